The topological polar surface area (TPSA) is 50.2 Å². The molecule has 0 spiro atoms. The van der Waals surface area contributed by atoms with Crippen molar-refractivity contribution >= 4 is 17.0 Å². The summed E-state index contributed by atoms with van der Waals surface area (Å²) in [6, 6.07) is 13.8. The standard InChI is InChI=1S/C16H11N3OS/c20-15-6-7-17-16-13(9-18-19(15)16)14-8-12(10-21-14)11-4-2-1-3-5-11/h1-10,18H. The van der Waals surface area contributed by atoms with Crippen molar-refractivity contribution in [1.29, 1.82) is 0 Å². The van der Waals surface area contributed by atoms with Crippen molar-refractivity contribution in [3.63, 3.8) is 0 Å². The van der Waals surface area contributed by atoms with Crippen LogP contribution in [0.1, 0.15) is 0 Å². The molecule has 5 heteroatoms. The van der Waals surface area contributed by atoms with E-state index in [1.807, 2.05) is 24.4 Å². The highest BCUT2D eigenvalue weighted by Crippen LogP contribution is 2.33. The van der Waals surface area contributed by atoms with Gasteiger partial charge in [0.25, 0.3) is 5.56 Å². The van der Waals surface area contributed by atoms with Gasteiger partial charge in [-0.2, -0.15) is 0 Å². The normalized spacial score (nSPS) is 11.0. The number of thiophene rings is 1. The second kappa shape index (κ2) is 4.71. The largest absolute Gasteiger partial charge is 0.296 e. The summed E-state index contributed by atoms with van der Waals surface area (Å²) in [5, 5.41) is 5.07. The maximum atomic E-state index is 11.7. The summed E-state index contributed by atoms with van der Waals surface area (Å²) in [6.07, 6.45) is 3.37. The Bertz CT molecular complexity index is 966. The van der Waals surface area contributed by atoms with E-state index in [0.717, 1.165) is 10.4 Å². The highest BCUT2D eigenvalue weighted by atomic mass is 32.1. The molecule has 0 amide bonds. The van der Waals surface area contributed by atoms with E-state index in [1.165, 1.54) is 21.7 Å². The van der Waals surface area contributed by atoms with E-state index in [-0.39, 0.29) is 5.56 Å². The molecule has 3 aromatic heterocycles. The van der Waals surface area contributed by atoms with E-state index in [1.54, 1.807) is 17.5 Å². The Balaban J connectivity index is 1.85. The van der Waals surface area contributed by atoms with Gasteiger partial charge in [-0.05, 0) is 22.6 Å². The highest BCUT2D eigenvalue weighted by Gasteiger charge is 2.11. The molecule has 0 aliphatic carbocycles. The third kappa shape index (κ3) is 1.98. The minimum atomic E-state index is -0.105. The van der Waals surface area contributed by atoms with Gasteiger partial charge in [-0.25, -0.2) is 9.50 Å². The summed E-state index contributed by atoms with van der Waals surface area (Å²) in [4.78, 5) is 17.1. The molecule has 102 valence electrons. The van der Waals surface area contributed by atoms with Crippen LogP contribution in [0.3, 0.4) is 0 Å². The molecule has 0 radical (unpaired) electrons. The number of H-pyrrole nitrogens is 1. The first-order valence-electron chi connectivity index (χ1n) is 6.52. The molecule has 3 heterocycles. The summed E-state index contributed by atoms with van der Waals surface area (Å²) in [7, 11) is 0. The fourth-order valence-corrected chi connectivity index (χ4v) is 3.29. The quantitative estimate of drug-likeness (QED) is 0.615. The molecule has 4 rings (SSSR count). The van der Waals surface area contributed by atoms with Crippen LogP contribution in [0, 0.1) is 0 Å². The van der Waals surface area contributed by atoms with Crippen molar-refractivity contribution in [3.05, 3.63) is 70.6 Å². The number of nitrogens with one attached hydrogen (secondary N) is 1. The number of rotatable bonds is 2. The summed E-state index contributed by atoms with van der Waals surface area (Å²) < 4.78 is 1.46. The van der Waals surface area contributed by atoms with Gasteiger partial charge < -0.3 is 0 Å². The number of hydrogen-bond acceptors (Lipinski definition) is 3. The SMILES string of the molecule is O=c1ccnc2c(-c3cc(-c4ccccc4)cs3)c[nH]n12. The first kappa shape index (κ1) is 12.1. The van der Waals surface area contributed by atoms with Gasteiger partial charge in [0.2, 0.25) is 0 Å². The molecule has 0 unspecified atom stereocenters. The maximum absolute atomic E-state index is 11.7. The smallest absolute Gasteiger partial charge is 0.272 e. The average molecular weight is 293 g/mol. The predicted molar refractivity (Wildman–Crippen MR) is 84.6 cm³/mol. The number of nitrogens with zero attached hydrogens (tertiary/aromatic N) is 2. The number of benzene rings is 1. The van der Waals surface area contributed by atoms with Crippen molar-refractivity contribution in [2.45, 2.75) is 0 Å². The van der Waals surface area contributed by atoms with Crippen LogP contribution in [0.5, 0.6) is 0 Å². The Morgan fingerprint density at radius 3 is 2.81 bits per heavy atom. The molecule has 0 aliphatic rings. The molecule has 0 bridgehead atoms. The summed E-state index contributed by atoms with van der Waals surface area (Å²) >= 11 is 1.65. The van der Waals surface area contributed by atoms with E-state index in [0.29, 0.717) is 5.65 Å². The summed E-state index contributed by atoms with van der Waals surface area (Å²) in [6.45, 7) is 0. The van der Waals surface area contributed by atoms with Crippen LogP contribution >= 0.6 is 11.3 Å². The minimum absolute atomic E-state index is 0.105. The molecule has 0 saturated heterocycles. The monoisotopic (exact) mass is 293 g/mol. The van der Waals surface area contributed by atoms with E-state index < -0.39 is 0 Å². The number of hydrogen-bond donors (Lipinski definition) is 1. The van der Waals surface area contributed by atoms with Gasteiger partial charge >= 0.3 is 0 Å². The van der Waals surface area contributed by atoms with Crippen molar-refractivity contribution in [1.82, 2.24) is 14.6 Å². The van der Waals surface area contributed by atoms with Gasteiger partial charge in [0.1, 0.15) is 0 Å². The lowest BCUT2D eigenvalue weighted by molar-refractivity contribution is 0.899. The molecule has 1 aromatic carbocycles. The fraction of sp³-hybridized carbons (Fsp3) is 0. The fourth-order valence-electron chi connectivity index (χ4n) is 2.36. The molecule has 4 aromatic rings. The zero-order valence-electron chi connectivity index (χ0n) is 11.0. The molecule has 21 heavy (non-hydrogen) atoms. The lowest BCUT2D eigenvalue weighted by Crippen LogP contribution is -2.12. The minimum Gasteiger partial charge on any atom is -0.296 e. The zero-order valence-corrected chi connectivity index (χ0v) is 11.8. The number of aromatic amines is 1. The van der Waals surface area contributed by atoms with Crippen LogP contribution in [0.4, 0.5) is 0 Å². The molecule has 0 fully saturated rings. The predicted octanol–water partition coefficient (Wildman–Crippen LogP) is 3.42. The molecular formula is C16H11N3OS. The van der Waals surface area contributed by atoms with Crippen LogP contribution in [0.2, 0.25) is 0 Å². The Kier molecular flexibility index (Phi) is 2.72. The molecular weight excluding hydrogens is 282 g/mol. The van der Waals surface area contributed by atoms with Crippen LogP contribution in [-0.2, 0) is 0 Å². The lowest BCUT2D eigenvalue weighted by atomic mass is 10.1. The van der Waals surface area contributed by atoms with Crippen molar-refractivity contribution in [2.75, 3.05) is 0 Å². The molecule has 1 N–H and O–H groups in total. The van der Waals surface area contributed by atoms with E-state index in [2.05, 4.69) is 33.7 Å². The number of aromatic nitrogens is 3. The molecule has 0 saturated carbocycles. The Morgan fingerprint density at radius 1 is 1.10 bits per heavy atom. The Morgan fingerprint density at radius 2 is 1.95 bits per heavy atom. The van der Waals surface area contributed by atoms with Crippen LogP contribution in [0.15, 0.2) is 65.0 Å². The van der Waals surface area contributed by atoms with Crippen LogP contribution in [-0.4, -0.2) is 14.6 Å². The second-order valence-electron chi connectivity index (χ2n) is 4.69. The van der Waals surface area contributed by atoms with Gasteiger partial charge in [0.15, 0.2) is 5.65 Å². The number of fused-ring (bicyclic) bond motifs is 1. The first-order valence-corrected chi connectivity index (χ1v) is 7.40. The maximum Gasteiger partial charge on any atom is 0.272 e. The average Bonchev–Trinajstić information content (AvgIpc) is 3.15. The molecule has 4 nitrogen and oxygen atoms in total. The molecule has 0 atom stereocenters. The highest BCUT2D eigenvalue weighted by molar-refractivity contribution is 7.14. The Labute approximate surface area is 124 Å². The van der Waals surface area contributed by atoms with Gasteiger partial charge in [-0.15, -0.1) is 11.3 Å². The van der Waals surface area contributed by atoms with Crippen LogP contribution in [0.25, 0.3) is 27.2 Å². The van der Waals surface area contributed by atoms with Crippen molar-refractivity contribution < 1.29 is 0 Å². The van der Waals surface area contributed by atoms with Gasteiger partial charge in [0, 0.05) is 23.3 Å². The van der Waals surface area contributed by atoms with Gasteiger partial charge in [0.05, 0.1) is 5.56 Å². The van der Waals surface area contributed by atoms with Gasteiger partial charge in [-0.3, -0.25) is 9.89 Å². The lowest BCUT2D eigenvalue weighted by Gasteiger charge is -1.95. The zero-order chi connectivity index (χ0) is 14.2. The Hall–Kier alpha value is -2.66. The summed E-state index contributed by atoms with van der Waals surface area (Å²) in [5.41, 5.74) is 3.85. The molecule has 0 aliphatic heterocycles. The van der Waals surface area contributed by atoms with E-state index >= 15 is 0 Å². The third-order valence-corrected chi connectivity index (χ3v) is 4.36. The summed E-state index contributed by atoms with van der Waals surface area (Å²) in [5.74, 6) is 0. The van der Waals surface area contributed by atoms with Crippen LogP contribution < -0.4 is 5.56 Å². The van der Waals surface area contributed by atoms with Gasteiger partial charge in [-0.1, -0.05) is 30.3 Å². The second-order valence-corrected chi connectivity index (χ2v) is 5.61. The first-order chi connectivity index (χ1) is 10.3. The van der Waals surface area contributed by atoms with E-state index in [9.17, 15) is 4.79 Å². The van der Waals surface area contributed by atoms with Crippen molar-refractivity contribution in [2.24, 2.45) is 0 Å². The van der Waals surface area contributed by atoms with E-state index in [4.69, 9.17) is 0 Å². The third-order valence-electron chi connectivity index (χ3n) is 3.40. The van der Waals surface area contributed by atoms with Crippen molar-refractivity contribution in [3.8, 4) is 21.6 Å².